The number of pyridine rings is 1. The van der Waals surface area contributed by atoms with Crippen LogP contribution in [0.5, 0.6) is 5.88 Å². The molecule has 94 valence electrons. The van der Waals surface area contributed by atoms with Crippen molar-refractivity contribution >= 4 is 0 Å². The summed E-state index contributed by atoms with van der Waals surface area (Å²) in [5.41, 5.74) is 0.864. The van der Waals surface area contributed by atoms with Gasteiger partial charge >= 0.3 is 0 Å². The quantitative estimate of drug-likeness (QED) is 0.871. The van der Waals surface area contributed by atoms with Crippen LogP contribution in [0.25, 0.3) is 0 Å². The molecule has 1 saturated carbocycles. The third-order valence-corrected chi connectivity index (χ3v) is 3.37. The Kier molecular flexibility index (Phi) is 4.37. The molecule has 1 heterocycles. The van der Waals surface area contributed by atoms with Crippen molar-refractivity contribution < 1.29 is 9.84 Å². The van der Waals surface area contributed by atoms with Crippen LogP contribution < -0.4 is 4.74 Å². The standard InChI is InChI=1S/C14H21NO2/c1-2-13(16)11-8-9-14(15-10-11)17-12-6-4-3-5-7-12/h8-10,12-13,16H,2-7H2,1H3. The highest BCUT2D eigenvalue weighted by molar-refractivity contribution is 5.19. The Balaban J connectivity index is 1.93. The van der Waals surface area contributed by atoms with E-state index < -0.39 is 6.10 Å². The highest BCUT2D eigenvalue weighted by atomic mass is 16.5. The molecule has 1 aromatic heterocycles. The maximum absolute atomic E-state index is 9.66. The second-order valence-corrected chi connectivity index (χ2v) is 4.73. The van der Waals surface area contributed by atoms with E-state index in [2.05, 4.69) is 4.98 Å². The van der Waals surface area contributed by atoms with Gasteiger partial charge in [0.05, 0.1) is 6.10 Å². The van der Waals surface area contributed by atoms with Crippen molar-refractivity contribution in [3.63, 3.8) is 0 Å². The van der Waals surface area contributed by atoms with E-state index in [1.165, 1.54) is 19.3 Å². The van der Waals surface area contributed by atoms with Gasteiger partial charge in [-0.3, -0.25) is 0 Å². The number of nitrogens with zero attached hydrogens (tertiary/aromatic N) is 1. The number of hydrogen-bond donors (Lipinski definition) is 1. The molecule has 1 aliphatic rings. The van der Waals surface area contributed by atoms with Gasteiger partial charge < -0.3 is 9.84 Å². The van der Waals surface area contributed by atoms with Gasteiger partial charge in [0.25, 0.3) is 0 Å². The van der Waals surface area contributed by atoms with E-state index in [0.29, 0.717) is 18.4 Å². The average molecular weight is 235 g/mol. The summed E-state index contributed by atoms with van der Waals surface area (Å²) < 4.78 is 5.83. The molecule has 0 aliphatic heterocycles. The SMILES string of the molecule is CCC(O)c1ccc(OC2CCCCC2)nc1. The molecule has 1 aromatic rings. The summed E-state index contributed by atoms with van der Waals surface area (Å²) in [6.07, 6.45) is 8.48. The van der Waals surface area contributed by atoms with E-state index in [0.717, 1.165) is 18.4 Å². The van der Waals surface area contributed by atoms with Gasteiger partial charge in [0.2, 0.25) is 5.88 Å². The smallest absolute Gasteiger partial charge is 0.213 e. The van der Waals surface area contributed by atoms with Crippen molar-refractivity contribution in [2.24, 2.45) is 0 Å². The first-order valence-corrected chi connectivity index (χ1v) is 6.60. The molecule has 1 unspecified atom stereocenters. The van der Waals surface area contributed by atoms with Gasteiger partial charge in [0, 0.05) is 12.3 Å². The van der Waals surface area contributed by atoms with Crippen LogP contribution in [0.3, 0.4) is 0 Å². The molecule has 0 spiro atoms. The maximum atomic E-state index is 9.66. The lowest BCUT2D eigenvalue weighted by atomic mass is 9.98. The van der Waals surface area contributed by atoms with E-state index in [-0.39, 0.29) is 0 Å². The Morgan fingerprint density at radius 1 is 1.35 bits per heavy atom. The molecule has 0 saturated heterocycles. The first-order valence-electron chi connectivity index (χ1n) is 6.60. The number of aliphatic hydroxyl groups is 1. The molecule has 1 aliphatic carbocycles. The normalized spacial score (nSPS) is 18.9. The van der Waals surface area contributed by atoms with Gasteiger partial charge in [-0.25, -0.2) is 4.98 Å². The Hall–Kier alpha value is -1.09. The first-order chi connectivity index (χ1) is 8.29. The predicted octanol–water partition coefficient (Wildman–Crippen LogP) is 3.24. The van der Waals surface area contributed by atoms with Crippen molar-refractivity contribution in [2.75, 3.05) is 0 Å². The highest BCUT2D eigenvalue weighted by Gasteiger charge is 2.15. The van der Waals surface area contributed by atoms with Crippen LogP contribution >= 0.6 is 0 Å². The zero-order chi connectivity index (χ0) is 12.1. The lowest BCUT2D eigenvalue weighted by Gasteiger charge is -2.22. The molecule has 3 heteroatoms. The van der Waals surface area contributed by atoms with E-state index in [4.69, 9.17) is 4.74 Å². The Bertz CT molecular complexity index is 331. The molecule has 0 radical (unpaired) electrons. The minimum Gasteiger partial charge on any atom is -0.474 e. The van der Waals surface area contributed by atoms with Crippen molar-refractivity contribution in [2.45, 2.75) is 57.7 Å². The summed E-state index contributed by atoms with van der Waals surface area (Å²) in [7, 11) is 0. The summed E-state index contributed by atoms with van der Waals surface area (Å²) in [4.78, 5) is 4.26. The minimum absolute atomic E-state index is 0.332. The van der Waals surface area contributed by atoms with E-state index in [1.807, 2.05) is 19.1 Å². The fourth-order valence-electron chi connectivity index (χ4n) is 2.25. The lowest BCUT2D eigenvalue weighted by molar-refractivity contribution is 0.147. The van der Waals surface area contributed by atoms with Crippen molar-refractivity contribution in [3.8, 4) is 5.88 Å². The number of aliphatic hydroxyl groups excluding tert-OH is 1. The van der Waals surface area contributed by atoms with E-state index in [9.17, 15) is 5.11 Å². The fraction of sp³-hybridized carbons (Fsp3) is 0.643. The van der Waals surface area contributed by atoms with Crippen molar-refractivity contribution in [1.82, 2.24) is 4.98 Å². The molecular weight excluding hydrogens is 214 g/mol. The third kappa shape index (κ3) is 3.43. The van der Waals surface area contributed by atoms with Crippen LogP contribution in [-0.4, -0.2) is 16.2 Å². The zero-order valence-electron chi connectivity index (χ0n) is 10.4. The largest absolute Gasteiger partial charge is 0.474 e. The second kappa shape index (κ2) is 6.01. The number of aromatic nitrogens is 1. The molecule has 1 N–H and O–H groups in total. The van der Waals surface area contributed by atoms with Gasteiger partial charge in [-0.15, -0.1) is 0 Å². The van der Waals surface area contributed by atoms with Gasteiger partial charge in [0.15, 0.2) is 0 Å². The molecule has 1 atom stereocenters. The van der Waals surface area contributed by atoms with Crippen molar-refractivity contribution in [3.05, 3.63) is 23.9 Å². The molecule has 0 aromatic carbocycles. The van der Waals surface area contributed by atoms with Crippen LogP contribution in [-0.2, 0) is 0 Å². The van der Waals surface area contributed by atoms with Crippen LogP contribution in [0.1, 0.15) is 57.1 Å². The molecule has 1 fully saturated rings. The van der Waals surface area contributed by atoms with Crippen molar-refractivity contribution in [1.29, 1.82) is 0 Å². The van der Waals surface area contributed by atoms with Gasteiger partial charge in [-0.1, -0.05) is 13.3 Å². The highest BCUT2D eigenvalue weighted by Crippen LogP contribution is 2.23. The topological polar surface area (TPSA) is 42.4 Å². The van der Waals surface area contributed by atoms with Crippen LogP contribution in [0.2, 0.25) is 0 Å². The Labute approximate surface area is 103 Å². The van der Waals surface area contributed by atoms with Gasteiger partial charge in [0.1, 0.15) is 6.10 Å². The zero-order valence-corrected chi connectivity index (χ0v) is 10.4. The van der Waals surface area contributed by atoms with Crippen LogP contribution in [0, 0.1) is 0 Å². The maximum Gasteiger partial charge on any atom is 0.213 e. The summed E-state index contributed by atoms with van der Waals surface area (Å²) in [5, 5.41) is 9.66. The monoisotopic (exact) mass is 235 g/mol. The molecule has 2 rings (SSSR count). The van der Waals surface area contributed by atoms with Crippen LogP contribution in [0.4, 0.5) is 0 Å². The van der Waals surface area contributed by atoms with E-state index in [1.54, 1.807) is 6.20 Å². The lowest BCUT2D eigenvalue weighted by Crippen LogP contribution is -2.20. The van der Waals surface area contributed by atoms with Gasteiger partial charge in [-0.05, 0) is 43.7 Å². The second-order valence-electron chi connectivity index (χ2n) is 4.73. The Morgan fingerprint density at radius 3 is 2.71 bits per heavy atom. The Morgan fingerprint density at radius 2 is 2.12 bits per heavy atom. The molecule has 3 nitrogen and oxygen atoms in total. The number of hydrogen-bond acceptors (Lipinski definition) is 3. The number of rotatable bonds is 4. The van der Waals surface area contributed by atoms with E-state index >= 15 is 0 Å². The molecule has 0 amide bonds. The average Bonchev–Trinajstić information content (AvgIpc) is 2.40. The molecule has 0 bridgehead atoms. The van der Waals surface area contributed by atoms with Crippen LogP contribution in [0.15, 0.2) is 18.3 Å². The summed E-state index contributed by atoms with van der Waals surface area (Å²) in [6.45, 7) is 1.96. The predicted molar refractivity (Wildman–Crippen MR) is 67.0 cm³/mol. The fourth-order valence-corrected chi connectivity index (χ4v) is 2.25. The first kappa shape index (κ1) is 12.4. The van der Waals surface area contributed by atoms with Gasteiger partial charge in [-0.2, -0.15) is 0 Å². The summed E-state index contributed by atoms with van der Waals surface area (Å²) in [5.74, 6) is 0.684. The minimum atomic E-state index is -0.411. The summed E-state index contributed by atoms with van der Waals surface area (Å²) >= 11 is 0. The molecular formula is C14H21NO2. The number of ether oxygens (including phenoxy) is 1. The molecule has 17 heavy (non-hydrogen) atoms. The third-order valence-electron chi connectivity index (χ3n) is 3.37. The summed E-state index contributed by atoms with van der Waals surface area (Å²) in [6, 6.07) is 3.77.